The summed E-state index contributed by atoms with van der Waals surface area (Å²) in [5.41, 5.74) is -0.835. The van der Waals surface area contributed by atoms with Crippen molar-refractivity contribution in [2.45, 2.75) is 122 Å². The van der Waals surface area contributed by atoms with Gasteiger partial charge in [0.1, 0.15) is 5.60 Å². The van der Waals surface area contributed by atoms with Crippen LogP contribution in [0.2, 0.25) is 0 Å². The minimum absolute atomic E-state index is 0.0372. The highest BCUT2D eigenvalue weighted by Gasteiger charge is 2.38. The van der Waals surface area contributed by atoms with E-state index in [4.69, 9.17) is 4.74 Å². The molecule has 0 spiro atoms. The molecule has 0 unspecified atom stereocenters. The first-order chi connectivity index (χ1) is 24.3. The van der Waals surface area contributed by atoms with Crippen molar-refractivity contribution >= 4 is 23.7 Å². The second kappa shape index (κ2) is 19.2. The van der Waals surface area contributed by atoms with Crippen LogP contribution in [0.3, 0.4) is 0 Å². The number of rotatable bonds is 7. The second-order valence-electron chi connectivity index (χ2n) is 15.9. The number of ketones is 2. The molecule has 4 rings (SSSR count). The summed E-state index contributed by atoms with van der Waals surface area (Å²) in [6.45, 7) is 12.1. The lowest BCUT2D eigenvalue weighted by molar-refractivity contribution is -0.140. The Kier molecular flexibility index (Phi) is 15.3. The standard InChI is InChI=1S/C40H64N4O7/c1-29(28-41(5)38(48)43-21-10-11-22-43)13-12-14-30(2)36-31(3)17-18-35(40(4,50)20-19-33(45)27-34(46)37(36)47)51-39(49)44-25-23-42(24-26-44)32-15-8-6-7-9-16-32/h12-14,17-18,29,31-33,35-36,45,50H,6-11,15-16,19-28H2,1-5H3/b13-12+,18-17+,30-14+/t29-,31+,33+,35+,36-,40+/m1/s1. The van der Waals surface area contributed by atoms with Crippen LogP contribution in [-0.4, -0.2) is 130 Å². The van der Waals surface area contributed by atoms with Crippen molar-refractivity contribution in [3.63, 3.8) is 0 Å². The summed E-state index contributed by atoms with van der Waals surface area (Å²) in [6.07, 6.45) is 15.8. The molecule has 2 aliphatic heterocycles. The van der Waals surface area contributed by atoms with Gasteiger partial charge in [-0.25, -0.2) is 9.59 Å². The van der Waals surface area contributed by atoms with Crippen molar-refractivity contribution in [1.29, 1.82) is 0 Å². The molecule has 4 aliphatic rings. The molecule has 0 aromatic heterocycles. The van der Waals surface area contributed by atoms with E-state index in [-0.39, 0.29) is 31.2 Å². The molecule has 0 bridgehead atoms. The van der Waals surface area contributed by atoms with Crippen molar-refractivity contribution in [3.05, 3.63) is 36.0 Å². The fourth-order valence-electron chi connectivity index (χ4n) is 8.11. The van der Waals surface area contributed by atoms with Crippen LogP contribution >= 0.6 is 0 Å². The number of carbonyl (C=O) groups is 4. The molecule has 0 radical (unpaired) electrons. The maximum Gasteiger partial charge on any atom is 0.410 e. The van der Waals surface area contributed by atoms with Crippen molar-refractivity contribution < 1.29 is 34.1 Å². The third-order valence-electron chi connectivity index (χ3n) is 11.4. The van der Waals surface area contributed by atoms with Crippen LogP contribution in [0.15, 0.2) is 36.0 Å². The molecule has 0 aromatic carbocycles. The predicted octanol–water partition coefficient (Wildman–Crippen LogP) is 5.36. The zero-order valence-electron chi connectivity index (χ0n) is 31.8. The van der Waals surface area contributed by atoms with Gasteiger partial charge in [0.05, 0.1) is 12.0 Å². The number of nitrogens with zero attached hydrogens (tertiary/aromatic N) is 4. The van der Waals surface area contributed by atoms with Crippen LogP contribution in [0.5, 0.6) is 0 Å². The zero-order valence-corrected chi connectivity index (χ0v) is 31.8. The molecule has 11 heteroatoms. The van der Waals surface area contributed by atoms with E-state index in [2.05, 4.69) is 4.90 Å². The van der Waals surface area contributed by atoms with E-state index in [1.54, 1.807) is 28.9 Å². The van der Waals surface area contributed by atoms with Crippen LogP contribution in [0.1, 0.15) is 98.3 Å². The molecule has 51 heavy (non-hydrogen) atoms. The first kappa shape index (κ1) is 40.7. The van der Waals surface area contributed by atoms with Crippen LogP contribution in [0, 0.1) is 17.8 Å². The van der Waals surface area contributed by atoms with E-state index in [9.17, 15) is 29.4 Å². The molecule has 6 atom stereocenters. The molecule has 2 N–H and O–H groups in total. The number of hydrogen-bond donors (Lipinski definition) is 2. The topological polar surface area (TPSA) is 131 Å². The molecule has 2 heterocycles. The molecular formula is C40H64N4O7. The first-order valence-corrected chi connectivity index (χ1v) is 19.5. The van der Waals surface area contributed by atoms with E-state index in [0.29, 0.717) is 31.2 Å². The minimum atomic E-state index is -1.51. The average molecular weight is 713 g/mol. The number of urea groups is 1. The van der Waals surface area contributed by atoms with Gasteiger partial charge in [-0.05, 0) is 70.3 Å². The lowest BCUT2D eigenvalue weighted by Gasteiger charge is -2.40. The highest BCUT2D eigenvalue weighted by Crippen LogP contribution is 2.30. The van der Waals surface area contributed by atoms with E-state index in [0.717, 1.165) is 39.0 Å². The summed E-state index contributed by atoms with van der Waals surface area (Å²) >= 11 is 0. The monoisotopic (exact) mass is 712 g/mol. The minimum Gasteiger partial charge on any atom is -0.439 e. The van der Waals surface area contributed by atoms with Crippen LogP contribution < -0.4 is 0 Å². The van der Waals surface area contributed by atoms with Gasteiger partial charge in [0.25, 0.3) is 0 Å². The van der Waals surface area contributed by atoms with Crippen LogP contribution in [0.4, 0.5) is 9.59 Å². The largest absolute Gasteiger partial charge is 0.439 e. The smallest absolute Gasteiger partial charge is 0.410 e. The van der Waals surface area contributed by atoms with Gasteiger partial charge in [-0.15, -0.1) is 0 Å². The summed E-state index contributed by atoms with van der Waals surface area (Å²) in [7, 11) is 1.81. The van der Waals surface area contributed by atoms with Gasteiger partial charge in [0, 0.05) is 65.3 Å². The number of carbonyl (C=O) groups excluding carboxylic acids is 4. The van der Waals surface area contributed by atoms with E-state index in [1.807, 2.05) is 50.9 Å². The Balaban J connectivity index is 1.44. The number of amides is 3. The number of likely N-dealkylation sites (tertiary alicyclic amines) is 1. The average Bonchev–Trinajstić information content (AvgIpc) is 3.50. The molecule has 2 aliphatic carbocycles. The maximum absolute atomic E-state index is 13.6. The Morgan fingerprint density at radius 3 is 2.27 bits per heavy atom. The predicted molar refractivity (Wildman–Crippen MR) is 198 cm³/mol. The summed E-state index contributed by atoms with van der Waals surface area (Å²) in [5, 5.41) is 22.3. The van der Waals surface area contributed by atoms with E-state index < -0.39 is 47.3 Å². The summed E-state index contributed by atoms with van der Waals surface area (Å²) in [6, 6.07) is 0.611. The Morgan fingerprint density at radius 1 is 0.980 bits per heavy atom. The van der Waals surface area contributed by atoms with Crippen molar-refractivity contribution in [2.24, 2.45) is 17.8 Å². The Labute approximate surface area is 305 Å². The highest BCUT2D eigenvalue weighted by molar-refractivity contribution is 6.38. The van der Waals surface area contributed by atoms with E-state index in [1.165, 1.54) is 38.5 Å². The first-order valence-electron chi connectivity index (χ1n) is 19.5. The normalized spacial score (nSPS) is 31.2. The van der Waals surface area contributed by atoms with Gasteiger partial charge in [0.2, 0.25) is 11.6 Å². The number of aliphatic hydroxyl groups is 2. The third kappa shape index (κ3) is 11.7. The number of allylic oxidation sites excluding steroid dienone is 4. The molecule has 1 saturated carbocycles. The number of hydrogen-bond acceptors (Lipinski definition) is 8. The van der Waals surface area contributed by atoms with Crippen LogP contribution in [-0.2, 0) is 14.3 Å². The molecule has 11 nitrogen and oxygen atoms in total. The van der Waals surface area contributed by atoms with Gasteiger partial charge >= 0.3 is 12.1 Å². The number of ether oxygens (including phenoxy) is 1. The Hall–Kier alpha value is -3.02. The highest BCUT2D eigenvalue weighted by atomic mass is 16.6. The molecular weight excluding hydrogens is 648 g/mol. The van der Waals surface area contributed by atoms with Crippen molar-refractivity contribution in [3.8, 4) is 0 Å². The fraction of sp³-hybridized carbons (Fsp3) is 0.750. The van der Waals surface area contributed by atoms with E-state index >= 15 is 0 Å². The molecule has 3 fully saturated rings. The molecule has 0 aromatic rings. The number of Topliss-reactive ketones (excluding diaryl/α,β-unsaturated/α-hetero) is 2. The zero-order chi connectivity index (χ0) is 37.1. The van der Waals surface area contributed by atoms with Gasteiger partial charge in [-0.1, -0.05) is 69.4 Å². The van der Waals surface area contributed by atoms with Gasteiger partial charge in [0.15, 0.2) is 6.10 Å². The maximum atomic E-state index is 13.6. The van der Waals surface area contributed by atoms with Gasteiger partial charge in [-0.2, -0.15) is 0 Å². The number of piperazine rings is 1. The van der Waals surface area contributed by atoms with Crippen molar-refractivity contribution in [2.75, 3.05) is 52.9 Å². The van der Waals surface area contributed by atoms with Gasteiger partial charge < -0.3 is 29.6 Å². The van der Waals surface area contributed by atoms with Gasteiger partial charge in [-0.3, -0.25) is 14.5 Å². The Bertz CT molecular complexity index is 1270. The fourth-order valence-corrected chi connectivity index (χ4v) is 8.11. The lowest BCUT2D eigenvalue weighted by Crippen LogP contribution is -2.53. The third-order valence-corrected chi connectivity index (χ3v) is 11.4. The molecule has 286 valence electrons. The summed E-state index contributed by atoms with van der Waals surface area (Å²) in [5.74, 6) is -2.44. The SMILES string of the molecule is C/C(=C\C=C\[C@@H](C)CN(C)C(=O)N1CCCC1)[C@H]1C(=O)C(=O)C[C@@H](O)CC[C@](C)(O)[C@@H](OC(=O)N2CCN(C3CCCCCC3)CC2)/C=C/[C@@H]1C. The lowest BCUT2D eigenvalue weighted by atomic mass is 9.79. The Morgan fingerprint density at radius 2 is 1.63 bits per heavy atom. The molecule has 2 saturated heterocycles. The summed E-state index contributed by atoms with van der Waals surface area (Å²) in [4.78, 5) is 60.7. The van der Waals surface area contributed by atoms with Crippen molar-refractivity contribution in [1.82, 2.24) is 19.6 Å². The molecule has 3 amide bonds. The second-order valence-corrected chi connectivity index (χ2v) is 15.9. The quantitative estimate of drug-likeness (QED) is 0.156. The summed E-state index contributed by atoms with van der Waals surface area (Å²) < 4.78 is 5.99. The van der Waals surface area contributed by atoms with Crippen LogP contribution in [0.25, 0.3) is 0 Å². The number of aliphatic hydroxyl groups excluding tert-OH is 1.